The summed E-state index contributed by atoms with van der Waals surface area (Å²) in [7, 11) is 0. The molecule has 0 fully saturated rings. The lowest BCUT2D eigenvalue weighted by atomic mass is 10.0. The number of ketones is 1. The Bertz CT molecular complexity index is 576. The van der Waals surface area contributed by atoms with Gasteiger partial charge in [-0.05, 0) is 30.2 Å². The molecule has 0 amide bonds. The van der Waals surface area contributed by atoms with Crippen molar-refractivity contribution in [1.29, 1.82) is 0 Å². The van der Waals surface area contributed by atoms with Crippen LogP contribution in [0.5, 0.6) is 0 Å². The molecule has 0 aliphatic carbocycles. The molecular weight excluding hydrogens is 251 g/mol. The topological polar surface area (TPSA) is 17.1 Å². The number of halogens is 2. The summed E-state index contributed by atoms with van der Waals surface area (Å²) in [5, 5.41) is 0.352. The number of carbonyl (C=O) groups is 1. The third-order valence-corrected chi connectivity index (χ3v) is 3.03. The van der Waals surface area contributed by atoms with E-state index in [4.69, 9.17) is 11.6 Å². The van der Waals surface area contributed by atoms with Crippen LogP contribution in [0, 0.1) is 5.82 Å². The SMILES string of the molecule is CCc1ccc(C(=O)c2cc(Cl)ccc2F)cc1. The lowest BCUT2D eigenvalue weighted by Gasteiger charge is -2.04. The quantitative estimate of drug-likeness (QED) is 0.755. The first-order chi connectivity index (χ1) is 8.61. The maximum absolute atomic E-state index is 13.6. The monoisotopic (exact) mass is 262 g/mol. The number of hydrogen-bond acceptors (Lipinski definition) is 1. The first kappa shape index (κ1) is 12.8. The fourth-order valence-corrected chi connectivity index (χ4v) is 1.89. The molecule has 1 nitrogen and oxygen atoms in total. The van der Waals surface area contributed by atoms with Crippen LogP contribution in [0.15, 0.2) is 42.5 Å². The summed E-state index contributed by atoms with van der Waals surface area (Å²) >= 11 is 5.78. The third-order valence-electron chi connectivity index (χ3n) is 2.80. The van der Waals surface area contributed by atoms with Crippen molar-refractivity contribution in [2.24, 2.45) is 0 Å². The fourth-order valence-electron chi connectivity index (χ4n) is 1.72. The van der Waals surface area contributed by atoms with Crippen LogP contribution in [0.3, 0.4) is 0 Å². The average molecular weight is 263 g/mol. The summed E-state index contributed by atoms with van der Waals surface area (Å²) in [4.78, 5) is 12.1. The maximum Gasteiger partial charge on any atom is 0.196 e. The van der Waals surface area contributed by atoms with E-state index in [0.29, 0.717) is 10.6 Å². The van der Waals surface area contributed by atoms with Crippen molar-refractivity contribution in [1.82, 2.24) is 0 Å². The van der Waals surface area contributed by atoms with Gasteiger partial charge in [0.1, 0.15) is 5.82 Å². The molecule has 0 spiro atoms. The van der Waals surface area contributed by atoms with Crippen LogP contribution in [0.25, 0.3) is 0 Å². The molecule has 0 atom stereocenters. The number of hydrogen-bond donors (Lipinski definition) is 0. The van der Waals surface area contributed by atoms with E-state index in [1.165, 1.54) is 18.2 Å². The lowest BCUT2D eigenvalue weighted by molar-refractivity contribution is 0.103. The van der Waals surface area contributed by atoms with Crippen molar-refractivity contribution in [2.45, 2.75) is 13.3 Å². The molecule has 2 aromatic rings. The maximum atomic E-state index is 13.6. The molecule has 3 heteroatoms. The molecule has 0 saturated carbocycles. The number of rotatable bonds is 3. The highest BCUT2D eigenvalue weighted by molar-refractivity contribution is 6.31. The van der Waals surface area contributed by atoms with Gasteiger partial charge in [-0.2, -0.15) is 0 Å². The smallest absolute Gasteiger partial charge is 0.196 e. The van der Waals surface area contributed by atoms with E-state index >= 15 is 0 Å². The van der Waals surface area contributed by atoms with E-state index in [9.17, 15) is 9.18 Å². The summed E-state index contributed by atoms with van der Waals surface area (Å²) in [5.41, 5.74) is 1.61. The van der Waals surface area contributed by atoms with Gasteiger partial charge in [0, 0.05) is 10.6 Å². The molecule has 0 radical (unpaired) electrons. The van der Waals surface area contributed by atoms with Crippen LogP contribution in [-0.4, -0.2) is 5.78 Å². The molecule has 0 N–H and O–H groups in total. The molecule has 0 aliphatic heterocycles. The minimum Gasteiger partial charge on any atom is -0.288 e. The van der Waals surface area contributed by atoms with E-state index in [1.54, 1.807) is 12.1 Å². The number of aryl methyl sites for hydroxylation is 1. The van der Waals surface area contributed by atoms with E-state index in [0.717, 1.165) is 12.0 Å². The summed E-state index contributed by atoms with van der Waals surface area (Å²) in [6, 6.07) is 11.1. The standard InChI is InChI=1S/C15H12ClFO/c1-2-10-3-5-11(6-4-10)15(18)13-9-12(16)7-8-14(13)17/h3-9H,2H2,1H3. The highest BCUT2D eigenvalue weighted by Gasteiger charge is 2.14. The zero-order valence-electron chi connectivity index (χ0n) is 9.91. The fraction of sp³-hybridized carbons (Fsp3) is 0.133. The number of benzene rings is 2. The molecule has 0 unspecified atom stereocenters. The van der Waals surface area contributed by atoms with Gasteiger partial charge in [-0.15, -0.1) is 0 Å². The van der Waals surface area contributed by atoms with Crippen LogP contribution >= 0.6 is 11.6 Å². The zero-order chi connectivity index (χ0) is 13.1. The zero-order valence-corrected chi connectivity index (χ0v) is 10.7. The largest absolute Gasteiger partial charge is 0.288 e. The van der Waals surface area contributed by atoms with Crippen LogP contribution in [-0.2, 0) is 6.42 Å². The van der Waals surface area contributed by atoms with E-state index < -0.39 is 5.82 Å². The lowest BCUT2D eigenvalue weighted by Crippen LogP contribution is -2.04. The summed E-state index contributed by atoms with van der Waals surface area (Å²) in [6.45, 7) is 2.04. The van der Waals surface area contributed by atoms with Gasteiger partial charge < -0.3 is 0 Å². The first-order valence-corrected chi connectivity index (χ1v) is 6.08. The molecule has 0 aromatic heterocycles. The molecule has 0 aliphatic rings. The van der Waals surface area contributed by atoms with E-state index in [1.807, 2.05) is 19.1 Å². The van der Waals surface area contributed by atoms with Gasteiger partial charge in [0.25, 0.3) is 0 Å². The normalized spacial score (nSPS) is 10.4. The molecular formula is C15H12ClFO. The average Bonchev–Trinajstić information content (AvgIpc) is 2.41. The highest BCUT2D eigenvalue weighted by Crippen LogP contribution is 2.18. The van der Waals surface area contributed by atoms with Crippen molar-refractivity contribution >= 4 is 17.4 Å². The molecule has 2 aromatic carbocycles. The van der Waals surface area contributed by atoms with Crippen LogP contribution in [0.2, 0.25) is 5.02 Å². The Balaban J connectivity index is 2.38. The Morgan fingerprint density at radius 3 is 2.44 bits per heavy atom. The molecule has 0 bridgehead atoms. The molecule has 2 rings (SSSR count). The van der Waals surface area contributed by atoms with Crippen LogP contribution < -0.4 is 0 Å². The Hall–Kier alpha value is -1.67. The summed E-state index contributed by atoms with van der Waals surface area (Å²) in [5.74, 6) is -0.901. The minimum absolute atomic E-state index is 0.00625. The van der Waals surface area contributed by atoms with Gasteiger partial charge in [0.05, 0.1) is 5.56 Å². The van der Waals surface area contributed by atoms with Crippen molar-refractivity contribution in [3.05, 3.63) is 70.0 Å². The van der Waals surface area contributed by atoms with E-state index in [2.05, 4.69) is 0 Å². The molecule has 18 heavy (non-hydrogen) atoms. The number of carbonyl (C=O) groups excluding carboxylic acids is 1. The van der Waals surface area contributed by atoms with Crippen molar-refractivity contribution in [2.75, 3.05) is 0 Å². The summed E-state index contributed by atoms with van der Waals surface area (Å²) < 4.78 is 13.6. The molecule has 0 saturated heterocycles. The Labute approximate surface area is 110 Å². The second-order valence-electron chi connectivity index (χ2n) is 4.00. The van der Waals surface area contributed by atoms with Gasteiger partial charge in [0.2, 0.25) is 0 Å². The minimum atomic E-state index is -0.552. The van der Waals surface area contributed by atoms with Gasteiger partial charge in [-0.3, -0.25) is 4.79 Å². The highest BCUT2D eigenvalue weighted by atomic mass is 35.5. The third kappa shape index (κ3) is 2.59. The van der Waals surface area contributed by atoms with Gasteiger partial charge in [-0.1, -0.05) is 42.8 Å². The second kappa shape index (κ2) is 5.32. The predicted octanol–water partition coefficient (Wildman–Crippen LogP) is 4.27. The van der Waals surface area contributed by atoms with Gasteiger partial charge >= 0.3 is 0 Å². The molecule has 0 heterocycles. The summed E-state index contributed by atoms with van der Waals surface area (Å²) in [6.07, 6.45) is 0.903. The second-order valence-corrected chi connectivity index (χ2v) is 4.44. The van der Waals surface area contributed by atoms with Crippen LogP contribution in [0.4, 0.5) is 4.39 Å². The van der Waals surface area contributed by atoms with Crippen molar-refractivity contribution < 1.29 is 9.18 Å². The first-order valence-electron chi connectivity index (χ1n) is 5.70. The van der Waals surface area contributed by atoms with Crippen LogP contribution in [0.1, 0.15) is 28.4 Å². The Kier molecular flexibility index (Phi) is 3.78. The van der Waals surface area contributed by atoms with Gasteiger partial charge in [-0.25, -0.2) is 4.39 Å². The Morgan fingerprint density at radius 2 is 1.83 bits per heavy atom. The Morgan fingerprint density at radius 1 is 1.17 bits per heavy atom. The van der Waals surface area contributed by atoms with Crippen molar-refractivity contribution in [3.8, 4) is 0 Å². The van der Waals surface area contributed by atoms with Gasteiger partial charge in [0.15, 0.2) is 5.78 Å². The van der Waals surface area contributed by atoms with E-state index in [-0.39, 0.29) is 11.3 Å². The predicted molar refractivity (Wildman–Crippen MR) is 70.7 cm³/mol. The molecule has 92 valence electrons. The van der Waals surface area contributed by atoms with Crippen molar-refractivity contribution in [3.63, 3.8) is 0 Å².